The van der Waals surface area contributed by atoms with Crippen LogP contribution in [0.5, 0.6) is 0 Å². The average molecular weight is 308 g/mol. The van der Waals surface area contributed by atoms with Crippen LogP contribution in [0.2, 0.25) is 0 Å². The van der Waals surface area contributed by atoms with Crippen molar-refractivity contribution in [2.24, 2.45) is 0 Å². The molecule has 0 aliphatic rings. The van der Waals surface area contributed by atoms with Crippen molar-refractivity contribution in [1.29, 1.82) is 0 Å². The van der Waals surface area contributed by atoms with E-state index in [1.54, 1.807) is 32.2 Å². The zero-order valence-electron chi connectivity index (χ0n) is 12.5. The van der Waals surface area contributed by atoms with Gasteiger partial charge < -0.3 is 9.73 Å². The van der Waals surface area contributed by atoms with Crippen LogP contribution in [-0.4, -0.2) is 22.0 Å². The van der Waals surface area contributed by atoms with E-state index in [-0.39, 0.29) is 4.90 Å². The predicted molar refractivity (Wildman–Crippen MR) is 82.9 cm³/mol. The number of anilines is 1. The Morgan fingerprint density at radius 2 is 1.90 bits per heavy atom. The zero-order chi connectivity index (χ0) is 15.5. The third kappa shape index (κ3) is 3.11. The molecule has 1 heterocycles. The second-order valence-corrected chi connectivity index (χ2v) is 6.50. The molecular formula is C15H20N2O3S. The summed E-state index contributed by atoms with van der Waals surface area (Å²) >= 11 is 0. The van der Waals surface area contributed by atoms with Gasteiger partial charge in [0, 0.05) is 12.6 Å². The van der Waals surface area contributed by atoms with Gasteiger partial charge in [0.25, 0.3) is 10.0 Å². The summed E-state index contributed by atoms with van der Waals surface area (Å²) in [6.07, 6.45) is 0. The molecule has 0 fully saturated rings. The molecule has 0 spiro atoms. The molecule has 0 saturated carbocycles. The molecule has 0 bridgehead atoms. The van der Waals surface area contributed by atoms with Gasteiger partial charge in [-0.1, -0.05) is 18.2 Å². The largest absolute Gasteiger partial charge is 0.464 e. The number of nitrogens with zero attached hydrogens (tertiary/aromatic N) is 1. The molecule has 21 heavy (non-hydrogen) atoms. The Hall–Kier alpha value is -1.79. The van der Waals surface area contributed by atoms with Crippen LogP contribution in [-0.2, 0) is 16.6 Å². The van der Waals surface area contributed by atoms with E-state index in [0.717, 1.165) is 0 Å². The van der Waals surface area contributed by atoms with Crippen LogP contribution in [0.4, 0.5) is 5.69 Å². The van der Waals surface area contributed by atoms with Crippen LogP contribution in [0.15, 0.2) is 45.7 Å². The maximum absolute atomic E-state index is 12.8. The molecule has 6 heteroatoms. The number of nitrogens with one attached hydrogen (secondary N) is 1. The van der Waals surface area contributed by atoms with Gasteiger partial charge in [-0.15, -0.1) is 0 Å². The Morgan fingerprint density at radius 1 is 1.24 bits per heavy atom. The van der Waals surface area contributed by atoms with Crippen molar-refractivity contribution in [3.8, 4) is 0 Å². The molecule has 0 aliphatic carbocycles. The Balaban J connectivity index is 2.45. The van der Waals surface area contributed by atoms with Gasteiger partial charge in [0.1, 0.15) is 16.4 Å². The van der Waals surface area contributed by atoms with Crippen LogP contribution in [0.1, 0.15) is 18.4 Å². The summed E-state index contributed by atoms with van der Waals surface area (Å²) in [7, 11) is -1.83. The highest BCUT2D eigenvalue weighted by Crippen LogP contribution is 2.27. The number of hydrogen-bond acceptors (Lipinski definition) is 4. The first-order valence-electron chi connectivity index (χ1n) is 6.82. The minimum atomic E-state index is -3.62. The van der Waals surface area contributed by atoms with Gasteiger partial charge in [-0.05, 0) is 33.0 Å². The number of furan rings is 1. The lowest BCUT2D eigenvalue weighted by Gasteiger charge is -2.22. The van der Waals surface area contributed by atoms with Gasteiger partial charge in [-0.25, -0.2) is 8.42 Å². The van der Waals surface area contributed by atoms with E-state index in [1.165, 1.54) is 4.31 Å². The van der Waals surface area contributed by atoms with Crippen LogP contribution in [0.3, 0.4) is 0 Å². The fraction of sp³-hybridized carbons (Fsp3) is 0.333. The quantitative estimate of drug-likeness (QED) is 0.890. The molecule has 1 aromatic carbocycles. The minimum absolute atomic E-state index is 0.221. The summed E-state index contributed by atoms with van der Waals surface area (Å²) in [4.78, 5) is 0.221. The average Bonchev–Trinajstić information content (AvgIpc) is 2.82. The molecule has 0 radical (unpaired) electrons. The van der Waals surface area contributed by atoms with E-state index in [4.69, 9.17) is 4.42 Å². The van der Waals surface area contributed by atoms with E-state index in [0.29, 0.717) is 30.3 Å². The maximum Gasteiger partial charge on any atom is 0.267 e. The van der Waals surface area contributed by atoms with E-state index in [9.17, 15) is 8.42 Å². The fourth-order valence-corrected chi connectivity index (χ4v) is 3.91. The summed E-state index contributed by atoms with van der Waals surface area (Å²) in [5.41, 5.74) is 0.649. The minimum Gasteiger partial charge on any atom is -0.464 e. The third-order valence-electron chi connectivity index (χ3n) is 3.17. The normalized spacial score (nSPS) is 11.6. The lowest BCUT2D eigenvalue weighted by Crippen LogP contribution is -2.30. The van der Waals surface area contributed by atoms with Gasteiger partial charge in [-0.3, -0.25) is 4.31 Å². The summed E-state index contributed by atoms with van der Waals surface area (Å²) in [6.45, 7) is 4.34. The number of para-hydroxylation sites is 1. The number of benzene rings is 1. The Bertz CT molecular complexity index is 693. The van der Waals surface area contributed by atoms with E-state index >= 15 is 0 Å². The van der Waals surface area contributed by atoms with Crippen molar-refractivity contribution in [2.45, 2.75) is 25.3 Å². The molecule has 2 aromatic rings. The second-order valence-electron chi connectivity index (χ2n) is 4.67. The van der Waals surface area contributed by atoms with E-state index in [1.807, 2.05) is 25.1 Å². The first-order valence-corrected chi connectivity index (χ1v) is 8.26. The highest BCUT2D eigenvalue weighted by molar-refractivity contribution is 7.92. The summed E-state index contributed by atoms with van der Waals surface area (Å²) in [6, 6.07) is 10.7. The van der Waals surface area contributed by atoms with Crippen LogP contribution in [0, 0.1) is 6.92 Å². The molecule has 0 amide bonds. The van der Waals surface area contributed by atoms with E-state index in [2.05, 4.69) is 5.32 Å². The predicted octanol–water partition coefficient (Wildman–Crippen LogP) is 2.52. The van der Waals surface area contributed by atoms with Crippen LogP contribution in [0.25, 0.3) is 0 Å². The number of rotatable bonds is 6. The molecular weight excluding hydrogens is 288 g/mol. The molecule has 114 valence electrons. The SMILES string of the molecule is CCN(c1ccccc1)S(=O)(=O)c1cc(CNC)oc1C. The topological polar surface area (TPSA) is 62.6 Å². The van der Waals surface area contributed by atoms with Crippen LogP contribution < -0.4 is 9.62 Å². The smallest absolute Gasteiger partial charge is 0.267 e. The lowest BCUT2D eigenvalue weighted by molar-refractivity contribution is 0.466. The highest BCUT2D eigenvalue weighted by Gasteiger charge is 2.28. The van der Waals surface area contributed by atoms with Crippen LogP contribution >= 0.6 is 0 Å². The van der Waals surface area contributed by atoms with Gasteiger partial charge in [-0.2, -0.15) is 0 Å². The lowest BCUT2D eigenvalue weighted by atomic mass is 10.3. The summed E-state index contributed by atoms with van der Waals surface area (Å²) in [5, 5.41) is 2.95. The van der Waals surface area contributed by atoms with Gasteiger partial charge in [0.05, 0.1) is 12.2 Å². The Morgan fingerprint density at radius 3 is 2.48 bits per heavy atom. The monoisotopic (exact) mass is 308 g/mol. The van der Waals surface area contributed by atoms with Crippen molar-refractivity contribution in [3.63, 3.8) is 0 Å². The maximum atomic E-state index is 12.8. The standard InChI is InChI=1S/C15H20N2O3S/c1-4-17(13-8-6-5-7-9-13)21(18,19)15-10-14(11-16-3)20-12(15)2/h5-10,16H,4,11H2,1-3H3. The van der Waals surface area contributed by atoms with Crippen molar-refractivity contribution in [3.05, 3.63) is 47.9 Å². The molecule has 0 atom stereocenters. The summed E-state index contributed by atoms with van der Waals surface area (Å²) in [5.74, 6) is 1.02. The Labute approximate surface area is 125 Å². The molecule has 1 aromatic heterocycles. The van der Waals surface area contributed by atoms with Crippen molar-refractivity contribution in [2.75, 3.05) is 17.9 Å². The van der Waals surface area contributed by atoms with Gasteiger partial charge in [0.15, 0.2) is 0 Å². The number of sulfonamides is 1. The molecule has 0 saturated heterocycles. The molecule has 0 aliphatic heterocycles. The van der Waals surface area contributed by atoms with Crippen molar-refractivity contribution in [1.82, 2.24) is 5.32 Å². The third-order valence-corrected chi connectivity index (χ3v) is 5.18. The van der Waals surface area contributed by atoms with Crippen molar-refractivity contribution >= 4 is 15.7 Å². The second kappa shape index (κ2) is 6.32. The van der Waals surface area contributed by atoms with Gasteiger partial charge in [0.2, 0.25) is 0 Å². The van der Waals surface area contributed by atoms with E-state index < -0.39 is 10.0 Å². The van der Waals surface area contributed by atoms with Gasteiger partial charge >= 0.3 is 0 Å². The fourth-order valence-electron chi connectivity index (χ4n) is 2.25. The number of hydrogen-bond donors (Lipinski definition) is 1. The summed E-state index contributed by atoms with van der Waals surface area (Å²) < 4.78 is 32.6. The molecule has 2 rings (SSSR count). The Kier molecular flexibility index (Phi) is 4.69. The first-order chi connectivity index (χ1) is 10.0. The first kappa shape index (κ1) is 15.6. The molecule has 5 nitrogen and oxygen atoms in total. The molecule has 0 unspecified atom stereocenters. The molecule has 1 N–H and O–H groups in total. The number of aryl methyl sites for hydroxylation is 1. The highest BCUT2D eigenvalue weighted by atomic mass is 32.2. The van der Waals surface area contributed by atoms with Crippen molar-refractivity contribution < 1.29 is 12.8 Å². The zero-order valence-corrected chi connectivity index (χ0v) is 13.3.